The van der Waals surface area contributed by atoms with Crippen molar-refractivity contribution >= 4 is 55.3 Å². The van der Waals surface area contributed by atoms with Gasteiger partial charge in [-0.2, -0.15) is 5.10 Å². The molecule has 7 heteroatoms. The molecule has 2 N–H and O–H groups in total. The lowest BCUT2D eigenvalue weighted by Gasteiger charge is -2.08. The molecule has 0 amide bonds. The van der Waals surface area contributed by atoms with E-state index in [-0.39, 0.29) is 0 Å². The zero-order valence-electron chi connectivity index (χ0n) is 12.4. The lowest BCUT2D eigenvalue weighted by atomic mass is 10.2. The van der Waals surface area contributed by atoms with E-state index in [1.54, 1.807) is 29.0 Å². The van der Waals surface area contributed by atoms with Crippen molar-refractivity contribution in [2.45, 2.75) is 0 Å². The Balaban J connectivity index is 1.64. The fourth-order valence-electron chi connectivity index (χ4n) is 2.74. The van der Waals surface area contributed by atoms with Gasteiger partial charge in [0.15, 0.2) is 0 Å². The number of aromatic nitrogens is 4. The molecular formula is C17H11N5S2. The van der Waals surface area contributed by atoms with Crippen LogP contribution >= 0.6 is 22.7 Å². The molecule has 0 bridgehead atoms. The molecule has 5 nitrogen and oxygen atoms in total. The van der Waals surface area contributed by atoms with E-state index in [1.807, 2.05) is 18.3 Å². The Labute approximate surface area is 145 Å². The van der Waals surface area contributed by atoms with Crippen LogP contribution in [0, 0.1) is 0 Å². The van der Waals surface area contributed by atoms with Gasteiger partial charge < -0.3 is 5.32 Å². The summed E-state index contributed by atoms with van der Waals surface area (Å²) in [5.74, 6) is 0.826. The second kappa shape index (κ2) is 5.40. The Hall–Kier alpha value is -2.77. The fourth-order valence-corrected chi connectivity index (χ4v) is 4.47. The van der Waals surface area contributed by atoms with Gasteiger partial charge in [-0.3, -0.25) is 5.10 Å². The molecule has 4 heterocycles. The van der Waals surface area contributed by atoms with E-state index >= 15 is 0 Å². The molecule has 4 aromatic heterocycles. The number of aromatic amines is 1. The van der Waals surface area contributed by atoms with E-state index in [0.29, 0.717) is 0 Å². The Morgan fingerprint density at radius 1 is 1.08 bits per heavy atom. The minimum atomic E-state index is 0.826. The van der Waals surface area contributed by atoms with E-state index < -0.39 is 0 Å². The van der Waals surface area contributed by atoms with Gasteiger partial charge in [0.1, 0.15) is 17.0 Å². The molecule has 0 saturated carbocycles. The minimum Gasteiger partial charge on any atom is -0.340 e. The predicted octanol–water partition coefficient (Wildman–Crippen LogP) is 5.04. The van der Waals surface area contributed by atoms with Crippen molar-refractivity contribution < 1.29 is 0 Å². The Morgan fingerprint density at radius 3 is 3.00 bits per heavy atom. The van der Waals surface area contributed by atoms with Crippen LogP contribution in [0.25, 0.3) is 31.6 Å². The van der Waals surface area contributed by atoms with E-state index in [4.69, 9.17) is 0 Å². The van der Waals surface area contributed by atoms with Gasteiger partial charge in [0.2, 0.25) is 0 Å². The van der Waals surface area contributed by atoms with Gasteiger partial charge in [0, 0.05) is 26.9 Å². The third-order valence-corrected chi connectivity index (χ3v) is 5.65. The first-order valence-electron chi connectivity index (χ1n) is 7.35. The highest BCUT2D eigenvalue weighted by Gasteiger charge is 2.14. The van der Waals surface area contributed by atoms with Crippen molar-refractivity contribution in [3.05, 3.63) is 53.6 Å². The van der Waals surface area contributed by atoms with Crippen molar-refractivity contribution in [1.29, 1.82) is 0 Å². The summed E-state index contributed by atoms with van der Waals surface area (Å²) in [6.45, 7) is 0. The lowest BCUT2D eigenvalue weighted by molar-refractivity contribution is 1.12. The number of benzene rings is 1. The third-order valence-electron chi connectivity index (χ3n) is 3.86. The summed E-state index contributed by atoms with van der Waals surface area (Å²) in [4.78, 5) is 11.1. The summed E-state index contributed by atoms with van der Waals surface area (Å²) in [6.07, 6.45) is 3.42. The Bertz CT molecular complexity index is 1140. The van der Waals surface area contributed by atoms with E-state index in [0.717, 1.165) is 32.6 Å². The topological polar surface area (TPSA) is 66.5 Å². The SMILES string of the molecule is c1csc(-c2csc3ncnc(Nc4ccc5[nH]ncc5c4)c23)c1. The summed E-state index contributed by atoms with van der Waals surface area (Å²) >= 11 is 3.37. The smallest absolute Gasteiger partial charge is 0.143 e. The number of hydrogen-bond donors (Lipinski definition) is 2. The van der Waals surface area contributed by atoms with Crippen LogP contribution in [0.4, 0.5) is 11.5 Å². The highest BCUT2D eigenvalue weighted by Crippen LogP contribution is 2.39. The summed E-state index contributed by atoms with van der Waals surface area (Å²) in [6, 6.07) is 10.3. The second-order valence-electron chi connectivity index (χ2n) is 5.33. The molecule has 0 atom stereocenters. The Morgan fingerprint density at radius 2 is 2.08 bits per heavy atom. The van der Waals surface area contributed by atoms with E-state index in [1.165, 1.54) is 10.4 Å². The van der Waals surface area contributed by atoms with E-state index in [2.05, 4.69) is 54.4 Å². The van der Waals surface area contributed by atoms with Crippen LogP contribution in [0.15, 0.2) is 53.6 Å². The average Bonchev–Trinajstić information content (AvgIpc) is 3.34. The molecule has 0 saturated heterocycles. The maximum absolute atomic E-state index is 4.48. The molecule has 0 radical (unpaired) electrons. The molecule has 0 aliphatic rings. The molecule has 1 aromatic carbocycles. The van der Waals surface area contributed by atoms with Crippen LogP contribution in [0.2, 0.25) is 0 Å². The van der Waals surface area contributed by atoms with Crippen LogP contribution in [-0.4, -0.2) is 20.2 Å². The number of thiophene rings is 2. The summed E-state index contributed by atoms with van der Waals surface area (Å²) < 4.78 is 0. The molecule has 0 aliphatic heterocycles. The van der Waals surface area contributed by atoms with Crippen LogP contribution in [-0.2, 0) is 0 Å². The fraction of sp³-hybridized carbons (Fsp3) is 0. The molecule has 5 rings (SSSR count). The number of H-pyrrole nitrogens is 1. The first-order chi connectivity index (χ1) is 11.9. The minimum absolute atomic E-state index is 0.826. The van der Waals surface area contributed by atoms with Gasteiger partial charge >= 0.3 is 0 Å². The molecule has 0 aliphatic carbocycles. The molecule has 116 valence electrons. The van der Waals surface area contributed by atoms with Gasteiger partial charge in [-0.1, -0.05) is 6.07 Å². The standard InChI is InChI=1S/C17H11N5S2/c1-2-14(23-5-1)12-8-24-17-15(12)16(18-9-19-17)21-11-3-4-13-10(6-11)7-20-22-13/h1-9H,(H,20,22)(H,18,19,21). The molecule has 5 aromatic rings. The van der Waals surface area contributed by atoms with Crippen molar-refractivity contribution in [2.24, 2.45) is 0 Å². The van der Waals surface area contributed by atoms with Crippen molar-refractivity contribution in [2.75, 3.05) is 5.32 Å². The average molecular weight is 349 g/mol. The second-order valence-corrected chi connectivity index (χ2v) is 7.13. The quantitative estimate of drug-likeness (QED) is 0.479. The monoisotopic (exact) mass is 349 g/mol. The summed E-state index contributed by atoms with van der Waals surface area (Å²) in [5, 5.41) is 16.8. The highest BCUT2D eigenvalue weighted by molar-refractivity contribution is 7.18. The van der Waals surface area contributed by atoms with Crippen LogP contribution in [0.1, 0.15) is 0 Å². The predicted molar refractivity (Wildman–Crippen MR) is 100 cm³/mol. The number of rotatable bonds is 3. The third kappa shape index (κ3) is 2.17. The molecule has 0 fully saturated rings. The first-order valence-corrected chi connectivity index (χ1v) is 9.11. The maximum atomic E-state index is 4.48. The van der Waals surface area contributed by atoms with Crippen LogP contribution in [0.5, 0.6) is 0 Å². The number of fused-ring (bicyclic) bond motifs is 2. The highest BCUT2D eigenvalue weighted by atomic mass is 32.1. The lowest BCUT2D eigenvalue weighted by Crippen LogP contribution is -1.95. The molecule has 0 unspecified atom stereocenters. The zero-order valence-corrected chi connectivity index (χ0v) is 14.0. The molecule has 24 heavy (non-hydrogen) atoms. The van der Waals surface area contributed by atoms with Gasteiger partial charge in [-0.05, 0) is 29.6 Å². The van der Waals surface area contributed by atoms with Gasteiger partial charge in [0.25, 0.3) is 0 Å². The summed E-state index contributed by atoms with van der Waals surface area (Å²) in [7, 11) is 0. The van der Waals surface area contributed by atoms with E-state index in [9.17, 15) is 0 Å². The molecule has 0 spiro atoms. The first kappa shape index (κ1) is 13.6. The Kier molecular flexibility index (Phi) is 3.07. The maximum Gasteiger partial charge on any atom is 0.143 e. The van der Waals surface area contributed by atoms with Crippen LogP contribution < -0.4 is 5.32 Å². The zero-order chi connectivity index (χ0) is 15.9. The largest absolute Gasteiger partial charge is 0.340 e. The number of hydrogen-bond acceptors (Lipinski definition) is 6. The van der Waals surface area contributed by atoms with Gasteiger partial charge in [-0.25, -0.2) is 9.97 Å². The van der Waals surface area contributed by atoms with Crippen molar-refractivity contribution in [1.82, 2.24) is 20.2 Å². The number of anilines is 2. The van der Waals surface area contributed by atoms with Gasteiger partial charge in [0.05, 0.1) is 17.1 Å². The summed E-state index contributed by atoms with van der Waals surface area (Å²) in [5.41, 5.74) is 3.17. The number of nitrogens with zero attached hydrogens (tertiary/aromatic N) is 3. The number of nitrogens with one attached hydrogen (secondary N) is 2. The van der Waals surface area contributed by atoms with Crippen molar-refractivity contribution in [3.63, 3.8) is 0 Å². The van der Waals surface area contributed by atoms with Crippen LogP contribution in [0.3, 0.4) is 0 Å². The normalized spacial score (nSPS) is 11.3. The molecular weight excluding hydrogens is 338 g/mol. The van der Waals surface area contributed by atoms with Crippen molar-refractivity contribution in [3.8, 4) is 10.4 Å². The van der Waals surface area contributed by atoms with Gasteiger partial charge in [-0.15, -0.1) is 22.7 Å².